The van der Waals surface area contributed by atoms with Crippen LogP contribution < -0.4 is 0 Å². The molecule has 0 saturated heterocycles. The Morgan fingerprint density at radius 1 is 0.679 bits per heavy atom. The fourth-order valence-electron chi connectivity index (χ4n) is 0.826. The summed E-state index contributed by atoms with van der Waals surface area (Å²) < 4.78 is 0. The molecular formula is C16H20O12. The van der Waals surface area contributed by atoms with Crippen LogP contribution in [0, 0.1) is 0 Å². The second-order valence-electron chi connectivity index (χ2n) is 4.81. The summed E-state index contributed by atoms with van der Waals surface area (Å²) in [4.78, 5) is 59.6. The maximum Gasteiger partial charge on any atom is 0.331 e. The van der Waals surface area contributed by atoms with Crippen molar-refractivity contribution < 1.29 is 59.4 Å². The van der Waals surface area contributed by atoms with Crippen LogP contribution in [0.5, 0.6) is 0 Å². The molecule has 12 heteroatoms. The Bertz CT molecular complexity index is 702. The first-order chi connectivity index (χ1) is 12.5. The van der Waals surface area contributed by atoms with Gasteiger partial charge in [0.2, 0.25) is 0 Å². The average Bonchev–Trinajstić information content (AvgIpc) is 2.52. The molecule has 0 amide bonds. The van der Waals surface area contributed by atoms with Crippen molar-refractivity contribution >= 4 is 35.8 Å². The van der Waals surface area contributed by atoms with Gasteiger partial charge in [-0.05, 0) is 20.8 Å². The number of aliphatic carboxylic acids is 6. The molecule has 6 N–H and O–H groups in total. The van der Waals surface area contributed by atoms with Gasteiger partial charge < -0.3 is 30.6 Å². The Morgan fingerprint density at radius 2 is 1.04 bits per heavy atom. The molecule has 0 fully saturated rings. The van der Waals surface area contributed by atoms with E-state index < -0.39 is 42.2 Å². The lowest BCUT2D eigenvalue weighted by Gasteiger charge is -1.95. The third-order valence-corrected chi connectivity index (χ3v) is 2.55. The molecular weight excluding hydrogens is 384 g/mol. The number of carbonyl (C=O) groups is 6. The summed E-state index contributed by atoms with van der Waals surface area (Å²) in [5.74, 6) is -7.29. The third kappa shape index (κ3) is 16.9. The second-order valence-corrected chi connectivity index (χ2v) is 4.81. The van der Waals surface area contributed by atoms with E-state index in [4.69, 9.17) is 30.6 Å². The second kappa shape index (κ2) is 14.2. The lowest BCUT2D eigenvalue weighted by molar-refractivity contribution is -0.139. The number of hydrogen-bond acceptors (Lipinski definition) is 6. The first-order valence-corrected chi connectivity index (χ1v) is 6.95. The smallest absolute Gasteiger partial charge is 0.331 e. The van der Waals surface area contributed by atoms with Gasteiger partial charge in [-0.1, -0.05) is 6.58 Å². The molecule has 12 nitrogen and oxygen atoms in total. The van der Waals surface area contributed by atoms with Crippen molar-refractivity contribution in [3.8, 4) is 0 Å². The Kier molecular flexibility index (Phi) is 14.7. The highest BCUT2D eigenvalue weighted by Gasteiger charge is 2.10. The monoisotopic (exact) mass is 404 g/mol. The molecule has 0 aliphatic carbocycles. The summed E-state index contributed by atoms with van der Waals surface area (Å²) in [5, 5.41) is 48.7. The van der Waals surface area contributed by atoms with Crippen molar-refractivity contribution in [2.75, 3.05) is 0 Å². The Balaban J connectivity index is -0.000000336. The first-order valence-electron chi connectivity index (χ1n) is 6.95. The predicted molar refractivity (Wildman–Crippen MR) is 91.7 cm³/mol. The number of rotatable bonds is 7. The van der Waals surface area contributed by atoms with E-state index in [-0.39, 0.29) is 22.3 Å². The molecule has 0 atom stereocenters. The maximum absolute atomic E-state index is 10.1. The summed E-state index contributed by atoms with van der Waals surface area (Å²) in [7, 11) is 0. The molecule has 156 valence electrons. The summed E-state index contributed by atoms with van der Waals surface area (Å²) in [5.41, 5.74) is -0.745. The van der Waals surface area contributed by atoms with Crippen molar-refractivity contribution in [1.29, 1.82) is 0 Å². The van der Waals surface area contributed by atoms with E-state index in [1.807, 2.05) is 0 Å². The van der Waals surface area contributed by atoms with Crippen molar-refractivity contribution in [1.82, 2.24) is 0 Å². The van der Waals surface area contributed by atoms with Crippen LogP contribution in [0.4, 0.5) is 0 Å². The molecule has 0 heterocycles. The molecule has 0 aliphatic rings. The predicted octanol–water partition coefficient (Wildman–Crippen LogP) is 0.696. The van der Waals surface area contributed by atoms with Crippen LogP contribution in [0.15, 0.2) is 34.9 Å². The van der Waals surface area contributed by atoms with Gasteiger partial charge in [-0.25, -0.2) is 24.0 Å². The van der Waals surface area contributed by atoms with Crippen molar-refractivity contribution in [3.05, 3.63) is 34.9 Å². The van der Waals surface area contributed by atoms with E-state index in [0.29, 0.717) is 6.08 Å². The van der Waals surface area contributed by atoms with Crippen LogP contribution in [-0.4, -0.2) is 66.5 Å². The summed E-state index contributed by atoms with van der Waals surface area (Å²) in [6.45, 7) is 6.74. The number of carboxylic acid groups (broad SMARTS) is 6. The van der Waals surface area contributed by atoms with Gasteiger partial charge >= 0.3 is 35.8 Å². The van der Waals surface area contributed by atoms with Gasteiger partial charge in [0.05, 0.1) is 6.42 Å². The molecule has 0 unspecified atom stereocenters. The fraction of sp³-hybridized carbons (Fsp3) is 0.250. The van der Waals surface area contributed by atoms with Crippen LogP contribution in [0.25, 0.3) is 0 Å². The summed E-state index contributed by atoms with van der Waals surface area (Å²) >= 11 is 0. The van der Waals surface area contributed by atoms with Crippen molar-refractivity contribution in [3.63, 3.8) is 0 Å². The zero-order valence-corrected chi connectivity index (χ0v) is 15.1. The van der Waals surface area contributed by atoms with Gasteiger partial charge in [0.25, 0.3) is 0 Å². The summed E-state index contributed by atoms with van der Waals surface area (Å²) in [6.07, 6.45) is 0.137. The molecule has 0 aromatic heterocycles. The minimum Gasteiger partial charge on any atom is -0.481 e. The van der Waals surface area contributed by atoms with E-state index in [0.717, 1.165) is 0 Å². The van der Waals surface area contributed by atoms with Gasteiger partial charge in [-0.2, -0.15) is 0 Å². The average molecular weight is 404 g/mol. The molecule has 0 radical (unpaired) electrons. The maximum atomic E-state index is 10.1. The highest BCUT2D eigenvalue weighted by molar-refractivity contribution is 5.97. The van der Waals surface area contributed by atoms with E-state index in [9.17, 15) is 28.8 Å². The van der Waals surface area contributed by atoms with Gasteiger partial charge in [0.1, 0.15) is 0 Å². The standard InChI is InChI=1S/C6H8O4.2C5H6O4/c1-3(5(7)8)4(2)6(9)10;2*1-3(5(8)9)2-4(6)7/h1-2H3,(H,7,8)(H,9,10);2H,1H3,(H,6,7)(H,8,9);1-2H2,(H,6,7)(H,8,9)/b4-3-;3-2-;. The largest absolute Gasteiger partial charge is 0.481 e. The topological polar surface area (TPSA) is 224 Å². The highest BCUT2D eigenvalue weighted by Crippen LogP contribution is 2.02. The minimum absolute atomic E-state index is 0.132. The lowest BCUT2D eigenvalue weighted by atomic mass is 10.1. The van der Waals surface area contributed by atoms with Gasteiger partial charge in [0, 0.05) is 28.4 Å². The van der Waals surface area contributed by atoms with Crippen LogP contribution in [0.2, 0.25) is 0 Å². The van der Waals surface area contributed by atoms with Crippen molar-refractivity contribution in [2.24, 2.45) is 0 Å². The quantitative estimate of drug-likeness (QED) is 0.322. The molecule has 0 aromatic carbocycles. The van der Waals surface area contributed by atoms with E-state index >= 15 is 0 Å². The molecule has 0 bridgehead atoms. The molecule has 0 saturated carbocycles. The Hall–Kier alpha value is -3.96. The Labute approximate surface area is 158 Å². The van der Waals surface area contributed by atoms with Gasteiger partial charge in [0.15, 0.2) is 0 Å². The zero-order valence-electron chi connectivity index (χ0n) is 15.1. The van der Waals surface area contributed by atoms with Gasteiger partial charge in [-0.15, -0.1) is 0 Å². The third-order valence-electron chi connectivity index (χ3n) is 2.55. The molecule has 0 spiro atoms. The number of hydrogen-bond donors (Lipinski definition) is 6. The molecule has 0 aromatic rings. The zero-order chi connectivity index (χ0) is 23.2. The van der Waals surface area contributed by atoms with Crippen LogP contribution in [0.3, 0.4) is 0 Å². The molecule has 28 heavy (non-hydrogen) atoms. The highest BCUT2D eigenvalue weighted by atomic mass is 16.4. The van der Waals surface area contributed by atoms with Gasteiger partial charge in [-0.3, -0.25) is 4.79 Å². The molecule has 0 rings (SSSR count). The van der Waals surface area contributed by atoms with Crippen LogP contribution >= 0.6 is 0 Å². The summed E-state index contributed by atoms with van der Waals surface area (Å²) in [6, 6.07) is 0. The van der Waals surface area contributed by atoms with E-state index in [1.165, 1.54) is 20.8 Å². The Morgan fingerprint density at radius 3 is 1.14 bits per heavy atom. The molecule has 0 aliphatic heterocycles. The van der Waals surface area contributed by atoms with Crippen molar-refractivity contribution in [2.45, 2.75) is 27.2 Å². The minimum atomic E-state index is -1.27. The van der Waals surface area contributed by atoms with Crippen LogP contribution in [0.1, 0.15) is 27.2 Å². The van der Waals surface area contributed by atoms with Crippen LogP contribution in [-0.2, 0) is 28.8 Å². The SMILES string of the molecule is C/C(=C/C(=O)O)C(=O)O.C/C(C(=O)O)=C(\C)C(=O)O.C=C(CC(=O)O)C(=O)O. The lowest BCUT2D eigenvalue weighted by Crippen LogP contribution is -2.06. The van der Waals surface area contributed by atoms with E-state index in [1.54, 1.807) is 0 Å². The number of carboxylic acids is 6. The first kappa shape index (κ1) is 28.8. The normalized spacial score (nSPS) is 10.6. The van der Waals surface area contributed by atoms with E-state index in [2.05, 4.69) is 6.58 Å². The fourth-order valence-corrected chi connectivity index (χ4v) is 0.826.